The van der Waals surface area contributed by atoms with Crippen molar-refractivity contribution in [1.82, 2.24) is 4.90 Å². The van der Waals surface area contributed by atoms with Crippen molar-refractivity contribution in [3.05, 3.63) is 65.1 Å². The molecule has 0 unspecified atom stereocenters. The van der Waals surface area contributed by atoms with Gasteiger partial charge in [-0.1, -0.05) is 30.3 Å². The molecular formula is C21H23N3OS. The molecule has 5 heteroatoms. The number of nitrogens with zero attached hydrogens (tertiary/aromatic N) is 3. The highest BCUT2D eigenvalue weighted by molar-refractivity contribution is 8.18. The third-order valence-electron chi connectivity index (χ3n) is 4.04. The Morgan fingerprint density at radius 1 is 1.04 bits per heavy atom. The molecular weight excluding hydrogens is 342 g/mol. The molecule has 0 radical (unpaired) electrons. The van der Waals surface area contributed by atoms with Crippen LogP contribution in [0.5, 0.6) is 0 Å². The predicted molar refractivity (Wildman–Crippen MR) is 112 cm³/mol. The van der Waals surface area contributed by atoms with E-state index < -0.39 is 0 Å². The summed E-state index contributed by atoms with van der Waals surface area (Å²) in [5, 5.41) is 0.729. The number of amides is 1. The molecule has 0 bridgehead atoms. The highest BCUT2D eigenvalue weighted by Crippen LogP contribution is 2.35. The summed E-state index contributed by atoms with van der Waals surface area (Å²) >= 11 is 1.43. The van der Waals surface area contributed by atoms with Crippen LogP contribution in [0.3, 0.4) is 0 Å². The van der Waals surface area contributed by atoms with Crippen molar-refractivity contribution >= 4 is 40.3 Å². The topological polar surface area (TPSA) is 35.9 Å². The van der Waals surface area contributed by atoms with Gasteiger partial charge < -0.3 is 4.90 Å². The van der Waals surface area contributed by atoms with Crippen LogP contribution < -0.4 is 4.90 Å². The number of benzene rings is 2. The summed E-state index contributed by atoms with van der Waals surface area (Å²) in [6.45, 7) is 4.02. The zero-order chi connectivity index (χ0) is 18.7. The second-order valence-electron chi connectivity index (χ2n) is 6.60. The van der Waals surface area contributed by atoms with Gasteiger partial charge in [-0.3, -0.25) is 9.69 Å². The molecule has 2 aromatic carbocycles. The minimum absolute atomic E-state index is 0.0105. The Morgan fingerprint density at radius 2 is 1.69 bits per heavy atom. The molecule has 2 aromatic rings. The Hall–Kier alpha value is -2.53. The number of anilines is 1. The summed E-state index contributed by atoms with van der Waals surface area (Å²) in [6.07, 6.45) is 1.94. The highest BCUT2D eigenvalue weighted by atomic mass is 32.2. The van der Waals surface area contributed by atoms with Crippen LogP contribution in [0.25, 0.3) is 6.08 Å². The van der Waals surface area contributed by atoms with E-state index in [0.29, 0.717) is 4.91 Å². The highest BCUT2D eigenvalue weighted by Gasteiger charge is 2.35. The van der Waals surface area contributed by atoms with Gasteiger partial charge >= 0.3 is 0 Å². The van der Waals surface area contributed by atoms with Gasteiger partial charge in [0.05, 0.1) is 10.6 Å². The summed E-state index contributed by atoms with van der Waals surface area (Å²) in [5.74, 6) is 0.0105. The molecule has 0 spiro atoms. The van der Waals surface area contributed by atoms with Crippen molar-refractivity contribution in [3.63, 3.8) is 0 Å². The first-order valence-corrected chi connectivity index (χ1v) is 9.41. The summed E-state index contributed by atoms with van der Waals surface area (Å²) in [5.41, 5.74) is 2.99. The van der Waals surface area contributed by atoms with Gasteiger partial charge in [-0.2, -0.15) is 0 Å². The van der Waals surface area contributed by atoms with E-state index in [9.17, 15) is 4.79 Å². The SMILES string of the molecule is CC(C)N1C(=O)/C(=C/c2ccc(N(C)C)cc2)SC1=Nc1ccccc1. The Balaban J connectivity index is 1.91. The van der Waals surface area contributed by atoms with E-state index in [1.807, 2.05) is 76.5 Å². The third-order valence-corrected chi connectivity index (χ3v) is 5.02. The maximum atomic E-state index is 12.9. The number of carbonyl (C=O) groups excluding carboxylic acids is 1. The molecule has 0 saturated carbocycles. The molecule has 1 amide bonds. The number of hydrogen-bond acceptors (Lipinski definition) is 4. The Morgan fingerprint density at radius 3 is 2.27 bits per heavy atom. The molecule has 4 nitrogen and oxygen atoms in total. The monoisotopic (exact) mass is 365 g/mol. The van der Waals surface area contributed by atoms with Crippen LogP contribution in [0.15, 0.2) is 64.5 Å². The van der Waals surface area contributed by atoms with Gasteiger partial charge in [-0.25, -0.2) is 4.99 Å². The van der Waals surface area contributed by atoms with E-state index in [0.717, 1.165) is 22.1 Å². The molecule has 1 heterocycles. The van der Waals surface area contributed by atoms with Crippen LogP contribution >= 0.6 is 11.8 Å². The zero-order valence-corrected chi connectivity index (χ0v) is 16.3. The molecule has 0 N–H and O–H groups in total. The Labute approximate surface area is 159 Å². The van der Waals surface area contributed by atoms with Gasteiger partial charge in [0.25, 0.3) is 5.91 Å². The van der Waals surface area contributed by atoms with Crippen molar-refractivity contribution in [1.29, 1.82) is 0 Å². The molecule has 1 aliphatic heterocycles. The van der Waals surface area contributed by atoms with Gasteiger partial charge in [-0.05, 0) is 61.5 Å². The van der Waals surface area contributed by atoms with Crippen LogP contribution in [-0.4, -0.2) is 36.1 Å². The average molecular weight is 366 g/mol. The van der Waals surface area contributed by atoms with Crippen LogP contribution in [0, 0.1) is 0 Å². The van der Waals surface area contributed by atoms with Gasteiger partial charge in [-0.15, -0.1) is 0 Å². The lowest BCUT2D eigenvalue weighted by Gasteiger charge is -2.19. The van der Waals surface area contributed by atoms with Crippen molar-refractivity contribution in [2.24, 2.45) is 4.99 Å². The van der Waals surface area contributed by atoms with Gasteiger partial charge in [0.2, 0.25) is 0 Å². The van der Waals surface area contributed by atoms with E-state index in [1.165, 1.54) is 11.8 Å². The fraction of sp³-hybridized carbons (Fsp3) is 0.238. The molecule has 1 saturated heterocycles. The second kappa shape index (κ2) is 7.79. The van der Waals surface area contributed by atoms with E-state index >= 15 is 0 Å². The Kier molecular flexibility index (Phi) is 5.47. The fourth-order valence-corrected chi connectivity index (χ4v) is 3.77. The molecule has 1 aliphatic rings. The first kappa shape index (κ1) is 18.3. The number of carbonyl (C=O) groups is 1. The lowest BCUT2D eigenvalue weighted by Crippen LogP contribution is -2.35. The summed E-state index contributed by atoms with van der Waals surface area (Å²) in [7, 11) is 4.02. The standard InChI is InChI=1S/C21H23N3OS/c1-15(2)24-20(25)19(14-16-10-12-18(13-11-16)23(3)4)26-21(24)22-17-8-6-5-7-9-17/h5-15H,1-4H3/b19-14-,22-21?. The minimum atomic E-state index is 0.0105. The average Bonchev–Trinajstić information content (AvgIpc) is 2.91. The molecule has 0 aromatic heterocycles. The van der Waals surface area contributed by atoms with E-state index in [2.05, 4.69) is 22.0 Å². The number of aliphatic imine (C=N–C) groups is 1. The number of thioether (sulfide) groups is 1. The molecule has 0 atom stereocenters. The van der Waals surface area contributed by atoms with Crippen LogP contribution in [0.2, 0.25) is 0 Å². The largest absolute Gasteiger partial charge is 0.378 e. The number of amidine groups is 1. The lowest BCUT2D eigenvalue weighted by atomic mass is 10.2. The zero-order valence-electron chi connectivity index (χ0n) is 15.5. The van der Waals surface area contributed by atoms with Crippen molar-refractivity contribution in [2.45, 2.75) is 19.9 Å². The number of hydrogen-bond donors (Lipinski definition) is 0. The molecule has 1 fully saturated rings. The first-order valence-electron chi connectivity index (χ1n) is 8.60. The van der Waals surface area contributed by atoms with Gasteiger partial charge in [0.15, 0.2) is 5.17 Å². The quantitative estimate of drug-likeness (QED) is 0.733. The van der Waals surface area contributed by atoms with E-state index in [4.69, 9.17) is 0 Å². The second-order valence-corrected chi connectivity index (χ2v) is 7.60. The predicted octanol–water partition coefficient (Wildman–Crippen LogP) is 4.77. The van der Waals surface area contributed by atoms with Crippen molar-refractivity contribution < 1.29 is 4.79 Å². The van der Waals surface area contributed by atoms with Crippen molar-refractivity contribution in [3.8, 4) is 0 Å². The Bertz CT molecular complexity index is 839. The van der Waals surface area contributed by atoms with Gasteiger partial charge in [0, 0.05) is 25.8 Å². The molecule has 3 rings (SSSR count). The normalized spacial score (nSPS) is 17.6. The molecule has 134 valence electrons. The van der Waals surface area contributed by atoms with E-state index in [1.54, 1.807) is 4.90 Å². The third kappa shape index (κ3) is 3.99. The molecule has 26 heavy (non-hydrogen) atoms. The first-order chi connectivity index (χ1) is 12.5. The van der Waals surface area contributed by atoms with Crippen molar-refractivity contribution in [2.75, 3.05) is 19.0 Å². The van der Waals surface area contributed by atoms with Crippen LogP contribution in [0.4, 0.5) is 11.4 Å². The summed E-state index contributed by atoms with van der Waals surface area (Å²) in [6, 6.07) is 18.0. The maximum Gasteiger partial charge on any atom is 0.266 e. The maximum absolute atomic E-state index is 12.9. The fourth-order valence-electron chi connectivity index (χ4n) is 2.65. The minimum Gasteiger partial charge on any atom is -0.378 e. The van der Waals surface area contributed by atoms with E-state index in [-0.39, 0.29) is 11.9 Å². The van der Waals surface area contributed by atoms with Crippen LogP contribution in [-0.2, 0) is 4.79 Å². The number of para-hydroxylation sites is 1. The summed E-state index contributed by atoms with van der Waals surface area (Å²) in [4.78, 5) is 22.1. The lowest BCUT2D eigenvalue weighted by molar-refractivity contribution is -0.123. The molecule has 0 aliphatic carbocycles. The van der Waals surface area contributed by atoms with Gasteiger partial charge in [0.1, 0.15) is 0 Å². The smallest absolute Gasteiger partial charge is 0.266 e. The van der Waals surface area contributed by atoms with Crippen LogP contribution in [0.1, 0.15) is 19.4 Å². The summed E-state index contributed by atoms with van der Waals surface area (Å²) < 4.78 is 0. The number of rotatable bonds is 4.